The van der Waals surface area contributed by atoms with E-state index in [1.165, 1.54) is 6.08 Å². The Balaban J connectivity index is 4.20. The van der Waals surface area contributed by atoms with E-state index in [9.17, 15) is 9.36 Å². The summed E-state index contributed by atoms with van der Waals surface area (Å²) in [6.07, 6.45) is 5.06. The number of carboxylic acids is 1. The molecule has 0 aromatic heterocycles. The molecule has 0 aliphatic heterocycles. The molecule has 0 heterocycles. The fourth-order valence-corrected chi connectivity index (χ4v) is 0.946. The normalized spacial score (nSPS) is 12.4. The zero-order chi connectivity index (χ0) is 9.40. The van der Waals surface area contributed by atoms with E-state index in [0.717, 1.165) is 12.8 Å². The van der Waals surface area contributed by atoms with Crippen LogP contribution in [0.2, 0.25) is 0 Å². The molecule has 0 fully saturated rings. The minimum absolute atomic E-state index is 0.363. The first-order valence-electron chi connectivity index (χ1n) is 3.69. The molecule has 0 spiro atoms. The van der Waals surface area contributed by atoms with E-state index in [4.69, 9.17) is 5.11 Å². The topological polar surface area (TPSA) is 54.4 Å². The molecule has 0 aliphatic rings. The molecule has 1 unspecified atom stereocenters. The molecule has 0 aliphatic carbocycles. The Bertz CT molecular complexity index is 263. The van der Waals surface area contributed by atoms with Gasteiger partial charge in [-0.2, -0.15) is 0 Å². The van der Waals surface area contributed by atoms with Crippen LogP contribution in [0.5, 0.6) is 0 Å². The molecule has 4 heteroatoms. The van der Waals surface area contributed by atoms with Crippen molar-refractivity contribution in [1.82, 2.24) is 0 Å². The summed E-state index contributed by atoms with van der Waals surface area (Å²) < 4.78 is 10.0. The number of allylic oxidation sites excluding steroid dienone is 1. The van der Waals surface area contributed by atoms with Crippen molar-refractivity contribution in [3.05, 3.63) is 12.2 Å². The first kappa shape index (κ1) is 11.2. The molecule has 66 valence electrons. The Morgan fingerprint density at radius 1 is 1.75 bits per heavy atom. The van der Waals surface area contributed by atoms with E-state index in [0.29, 0.717) is 0 Å². The molecule has 0 aromatic carbocycles. The van der Waals surface area contributed by atoms with Crippen molar-refractivity contribution in [1.29, 1.82) is 0 Å². The van der Waals surface area contributed by atoms with E-state index in [1.54, 1.807) is 6.08 Å². The van der Waals surface area contributed by atoms with Crippen LogP contribution in [0.3, 0.4) is 0 Å². The van der Waals surface area contributed by atoms with Crippen molar-refractivity contribution in [2.24, 2.45) is 5.92 Å². The van der Waals surface area contributed by atoms with Gasteiger partial charge < -0.3 is 0 Å². The van der Waals surface area contributed by atoms with Crippen LogP contribution in [0, 0.1) is 11.5 Å². The number of unbranched alkanes of at least 4 members (excludes halogenated alkanes) is 1. The first-order chi connectivity index (χ1) is 5.72. The van der Waals surface area contributed by atoms with Gasteiger partial charge in [-0.1, -0.05) is 0 Å². The fraction of sp³-hybridized carbons (Fsp3) is 0.500. The van der Waals surface area contributed by atoms with Crippen LogP contribution < -0.4 is 0 Å². The number of hydrogen-bond donors (Lipinski definition) is 1. The predicted molar refractivity (Wildman–Crippen MR) is 46.7 cm³/mol. The molecular weight excluding hydrogens is 175 g/mol. The van der Waals surface area contributed by atoms with E-state index in [1.807, 2.05) is 6.92 Å². The van der Waals surface area contributed by atoms with Gasteiger partial charge in [0, 0.05) is 0 Å². The summed E-state index contributed by atoms with van der Waals surface area (Å²) in [6.45, 7) is 2.00. The standard InChI is InChI=1S/C8H11O3P/c1-2-3-4-5-7(6-12-11)8(9)10/h4-5,7H,2-3H2,1H3,(H,9,10). The van der Waals surface area contributed by atoms with Crippen LogP contribution in [0.1, 0.15) is 19.8 Å². The van der Waals surface area contributed by atoms with Gasteiger partial charge in [-0.3, -0.25) is 0 Å². The molecule has 3 nitrogen and oxygen atoms in total. The summed E-state index contributed by atoms with van der Waals surface area (Å²) in [4.78, 5) is 10.4. The SMILES string of the molecule is CCCC=CC(C#P=O)C(=O)O. The van der Waals surface area contributed by atoms with Crippen molar-refractivity contribution in [3.63, 3.8) is 0 Å². The second-order valence-electron chi connectivity index (χ2n) is 2.25. The monoisotopic (exact) mass is 186 g/mol. The van der Waals surface area contributed by atoms with Gasteiger partial charge in [0.15, 0.2) is 0 Å². The van der Waals surface area contributed by atoms with Crippen LogP contribution in [-0.2, 0) is 9.36 Å². The van der Waals surface area contributed by atoms with Gasteiger partial charge in [-0.05, 0) is 0 Å². The van der Waals surface area contributed by atoms with Crippen molar-refractivity contribution in [2.45, 2.75) is 19.8 Å². The molecule has 0 bridgehead atoms. The second kappa shape index (κ2) is 6.90. The van der Waals surface area contributed by atoms with Crippen molar-refractivity contribution in [2.75, 3.05) is 0 Å². The number of carbonyl (C=O) groups is 1. The Labute approximate surface area is 72.6 Å². The number of hydrogen-bond acceptors (Lipinski definition) is 2. The fourth-order valence-electron chi connectivity index (χ4n) is 0.636. The summed E-state index contributed by atoms with van der Waals surface area (Å²) in [5.74, 6) is -1.87. The molecular formula is C8H11O3P. The van der Waals surface area contributed by atoms with Crippen molar-refractivity contribution in [3.8, 4) is 5.63 Å². The van der Waals surface area contributed by atoms with Gasteiger partial charge in [0.05, 0.1) is 0 Å². The first-order valence-corrected chi connectivity index (χ1v) is 4.51. The molecule has 1 N–H and O–H groups in total. The van der Waals surface area contributed by atoms with Crippen LogP contribution >= 0.6 is 7.92 Å². The Morgan fingerprint density at radius 3 is 2.83 bits per heavy atom. The number of rotatable bonds is 4. The third kappa shape index (κ3) is 4.95. The van der Waals surface area contributed by atoms with Gasteiger partial charge in [-0.15, -0.1) is 0 Å². The van der Waals surface area contributed by atoms with E-state index < -0.39 is 11.9 Å². The molecule has 0 saturated heterocycles. The molecule has 0 saturated carbocycles. The summed E-state index contributed by atoms with van der Waals surface area (Å²) in [6, 6.07) is 0. The van der Waals surface area contributed by atoms with Gasteiger partial charge in [-0.25, -0.2) is 0 Å². The maximum absolute atomic E-state index is 10.4. The zero-order valence-electron chi connectivity index (χ0n) is 6.86. The summed E-state index contributed by atoms with van der Waals surface area (Å²) >= 11 is 0. The van der Waals surface area contributed by atoms with Crippen LogP contribution in [0.25, 0.3) is 0 Å². The van der Waals surface area contributed by atoms with Crippen molar-refractivity contribution >= 4 is 13.9 Å². The van der Waals surface area contributed by atoms with E-state index in [2.05, 4.69) is 5.63 Å². The minimum atomic E-state index is -1.02. The summed E-state index contributed by atoms with van der Waals surface area (Å²) in [5.41, 5.74) is 2.27. The Kier molecular flexibility index (Phi) is 6.45. The van der Waals surface area contributed by atoms with E-state index >= 15 is 0 Å². The Morgan fingerprint density at radius 2 is 2.42 bits per heavy atom. The zero-order valence-corrected chi connectivity index (χ0v) is 7.75. The number of aliphatic carboxylic acids is 1. The average molecular weight is 186 g/mol. The van der Waals surface area contributed by atoms with Crippen molar-refractivity contribution < 1.29 is 14.5 Å². The number of carboxylic acid groups (broad SMARTS) is 1. The second-order valence-corrected chi connectivity index (χ2v) is 2.69. The maximum atomic E-state index is 10.4. The molecule has 0 amide bonds. The van der Waals surface area contributed by atoms with Crippen LogP contribution in [-0.4, -0.2) is 11.1 Å². The van der Waals surface area contributed by atoms with Gasteiger partial charge in [0.1, 0.15) is 0 Å². The summed E-state index contributed by atoms with van der Waals surface area (Å²) in [7, 11) is -0.363. The van der Waals surface area contributed by atoms with Gasteiger partial charge in [0.2, 0.25) is 0 Å². The molecule has 0 aromatic rings. The third-order valence-corrected chi connectivity index (χ3v) is 1.63. The molecule has 0 rings (SSSR count). The molecule has 1 atom stereocenters. The third-order valence-electron chi connectivity index (χ3n) is 1.24. The van der Waals surface area contributed by atoms with Crippen LogP contribution in [0.4, 0.5) is 0 Å². The Hall–Kier alpha value is -0.780. The molecule has 0 radical (unpaired) electrons. The quantitative estimate of drug-likeness (QED) is 0.541. The van der Waals surface area contributed by atoms with E-state index in [-0.39, 0.29) is 7.92 Å². The predicted octanol–water partition coefficient (Wildman–Crippen LogP) is 2.29. The summed E-state index contributed by atoms with van der Waals surface area (Å²) in [5, 5.41) is 8.55. The molecule has 12 heavy (non-hydrogen) atoms. The van der Waals surface area contributed by atoms with Gasteiger partial charge in [0.25, 0.3) is 0 Å². The average Bonchev–Trinajstić information content (AvgIpc) is 2.03. The van der Waals surface area contributed by atoms with Crippen LogP contribution in [0.15, 0.2) is 12.2 Å². The van der Waals surface area contributed by atoms with Gasteiger partial charge >= 0.3 is 71.8 Å².